The van der Waals surface area contributed by atoms with Gasteiger partial charge in [-0.05, 0) is 43.7 Å². The first kappa shape index (κ1) is 18.0. The van der Waals surface area contributed by atoms with Gasteiger partial charge in [0.25, 0.3) is 5.91 Å². The molecule has 1 N–H and O–H groups in total. The van der Waals surface area contributed by atoms with Gasteiger partial charge < -0.3 is 10.1 Å². The molecule has 0 radical (unpaired) electrons. The summed E-state index contributed by atoms with van der Waals surface area (Å²) in [5, 5.41) is 3.37. The maximum absolute atomic E-state index is 12.3. The fraction of sp³-hybridized carbons (Fsp3) is 0.263. The third kappa shape index (κ3) is 5.39. The van der Waals surface area contributed by atoms with Crippen molar-refractivity contribution < 1.29 is 14.3 Å². The highest BCUT2D eigenvalue weighted by Crippen LogP contribution is 2.12. The minimum absolute atomic E-state index is 0.251. The quantitative estimate of drug-likeness (QED) is 0.813. The number of hydrogen-bond acceptors (Lipinski definition) is 3. The Balaban J connectivity index is 2.14. The van der Waals surface area contributed by atoms with E-state index in [0.29, 0.717) is 17.0 Å². The van der Waals surface area contributed by atoms with Gasteiger partial charge in [-0.3, -0.25) is 4.79 Å². The van der Waals surface area contributed by atoms with Crippen molar-refractivity contribution in [3.8, 4) is 0 Å². The fourth-order valence-corrected chi connectivity index (χ4v) is 2.32. The molecular weight excluding hydrogens is 326 g/mol. The predicted octanol–water partition coefficient (Wildman–Crippen LogP) is 3.63. The van der Waals surface area contributed by atoms with Crippen LogP contribution in [0.2, 0.25) is 5.02 Å². The van der Waals surface area contributed by atoms with E-state index in [1.165, 1.54) is 0 Å². The lowest BCUT2D eigenvalue weighted by atomic mass is 10.1. The van der Waals surface area contributed by atoms with Crippen LogP contribution in [0.3, 0.4) is 0 Å². The van der Waals surface area contributed by atoms with Crippen LogP contribution in [0.5, 0.6) is 0 Å². The third-order valence-electron chi connectivity index (χ3n) is 3.33. The number of benzene rings is 2. The number of carbonyl (C=O) groups is 2. The van der Waals surface area contributed by atoms with Gasteiger partial charge in [0, 0.05) is 17.0 Å². The standard InChI is InChI=1S/C19H20ClNO3/c1-13(2)24-19(23)17(12-14-8-10-16(20)11-9-14)21-18(22)15-6-4-3-5-7-15/h3-11,13,17H,12H2,1-2H3,(H,21,22)/t17-/m1/s1. The van der Waals surface area contributed by atoms with Crippen LogP contribution in [0.1, 0.15) is 29.8 Å². The van der Waals surface area contributed by atoms with Crippen molar-refractivity contribution in [2.45, 2.75) is 32.4 Å². The molecule has 1 amide bonds. The molecule has 0 saturated carbocycles. The van der Waals surface area contributed by atoms with E-state index in [1.807, 2.05) is 18.2 Å². The van der Waals surface area contributed by atoms with Gasteiger partial charge in [0.1, 0.15) is 6.04 Å². The van der Waals surface area contributed by atoms with Crippen molar-refractivity contribution in [2.75, 3.05) is 0 Å². The molecular formula is C19H20ClNO3. The molecule has 4 nitrogen and oxygen atoms in total. The highest BCUT2D eigenvalue weighted by atomic mass is 35.5. The zero-order chi connectivity index (χ0) is 17.5. The smallest absolute Gasteiger partial charge is 0.329 e. The molecule has 5 heteroatoms. The predicted molar refractivity (Wildman–Crippen MR) is 94.1 cm³/mol. The lowest BCUT2D eigenvalue weighted by Gasteiger charge is -2.19. The van der Waals surface area contributed by atoms with Crippen LogP contribution in [-0.2, 0) is 16.0 Å². The lowest BCUT2D eigenvalue weighted by Crippen LogP contribution is -2.44. The number of esters is 1. The molecule has 126 valence electrons. The Bertz CT molecular complexity index is 684. The highest BCUT2D eigenvalue weighted by molar-refractivity contribution is 6.30. The Hall–Kier alpha value is -2.33. The van der Waals surface area contributed by atoms with Crippen molar-refractivity contribution in [3.05, 3.63) is 70.7 Å². The first-order chi connectivity index (χ1) is 11.5. The van der Waals surface area contributed by atoms with Crippen LogP contribution in [0, 0.1) is 0 Å². The van der Waals surface area contributed by atoms with Gasteiger partial charge in [0.15, 0.2) is 0 Å². The molecule has 0 fully saturated rings. The monoisotopic (exact) mass is 345 g/mol. The number of amides is 1. The van der Waals surface area contributed by atoms with Crippen molar-refractivity contribution in [1.29, 1.82) is 0 Å². The Morgan fingerprint density at radius 3 is 2.25 bits per heavy atom. The van der Waals surface area contributed by atoms with Gasteiger partial charge in [0.2, 0.25) is 0 Å². The minimum atomic E-state index is -0.763. The summed E-state index contributed by atoms with van der Waals surface area (Å²) in [4.78, 5) is 24.7. The summed E-state index contributed by atoms with van der Waals surface area (Å²) in [6.45, 7) is 3.55. The highest BCUT2D eigenvalue weighted by Gasteiger charge is 2.24. The van der Waals surface area contributed by atoms with Crippen LogP contribution in [0.4, 0.5) is 0 Å². The van der Waals surface area contributed by atoms with Crippen molar-refractivity contribution in [2.24, 2.45) is 0 Å². The van der Waals surface area contributed by atoms with Crippen LogP contribution >= 0.6 is 11.6 Å². The molecule has 0 heterocycles. The Morgan fingerprint density at radius 1 is 1.04 bits per heavy atom. The summed E-state index contributed by atoms with van der Waals surface area (Å²) >= 11 is 5.88. The topological polar surface area (TPSA) is 55.4 Å². The van der Waals surface area contributed by atoms with E-state index in [9.17, 15) is 9.59 Å². The van der Waals surface area contributed by atoms with Crippen LogP contribution < -0.4 is 5.32 Å². The maximum atomic E-state index is 12.3. The maximum Gasteiger partial charge on any atom is 0.329 e. The molecule has 0 bridgehead atoms. The van der Waals surface area contributed by atoms with Crippen molar-refractivity contribution >= 4 is 23.5 Å². The summed E-state index contributed by atoms with van der Waals surface area (Å²) in [5.41, 5.74) is 1.38. The largest absolute Gasteiger partial charge is 0.461 e. The zero-order valence-electron chi connectivity index (χ0n) is 13.7. The van der Waals surface area contributed by atoms with Gasteiger partial charge >= 0.3 is 5.97 Å². The fourth-order valence-electron chi connectivity index (χ4n) is 2.20. The van der Waals surface area contributed by atoms with E-state index in [2.05, 4.69) is 5.32 Å². The first-order valence-corrected chi connectivity index (χ1v) is 8.14. The number of rotatable bonds is 6. The molecule has 2 rings (SSSR count). The van der Waals surface area contributed by atoms with E-state index in [0.717, 1.165) is 5.56 Å². The van der Waals surface area contributed by atoms with Gasteiger partial charge in [-0.25, -0.2) is 4.79 Å². The molecule has 2 aromatic rings. The number of halogens is 1. The van der Waals surface area contributed by atoms with E-state index >= 15 is 0 Å². The van der Waals surface area contributed by atoms with E-state index in [1.54, 1.807) is 50.2 Å². The van der Waals surface area contributed by atoms with Crippen molar-refractivity contribution in [1.82, 2.24) is 5.32 Å². The summed E-state index contributed by atoms with van der Waals surface area (Å²) in [6, 6.07) is 15.2. The molecule has 0 aliphatic carbocycles. The second-order valence-corrected chi connectivity index (χ2v) is 6.14. The molecule has 0 aromatic heterocycles. The average Bonchev–Trinajstić information content (AvgIpc) is 2.56. The van der Waals surface area contributed by atoms with Crippen LogP contribution in [-0.4, -0.2) is 24.0 Å². The molecule has 0 saturated heterocycles. The lowest BCUT2D eigenvalue weighted by molar-refractivity contribution is -0.149. The second-order valence-electron chi connectivity index (χ2n) is 5.71. The first-order valence-electron chi connectivity index (χ1n) is 7.76. The van der Waals surface area contributed by atoms with Crippen LogP contribution in [0.15, 0.2) is 54.6 Å². The number of hydrogen-bond donors (Lipinski definition) is 1. The Morgan fingerprint density at radius 2 is 1.67 bits per heavy atom. The average molecular weight is 346 g/mol. The molecule has 1 atom stereocenters. The Labute approximate surface area is 146 Å². The number of carbonyl (C=O) groups excluding carboxylic acids is 2. The SMILES string of the molecule is CC(C)OC(=O)[C@@H](Cc1ccc(Cl)cc1)NC(=O)c1ccccc1. The van der Waals surface area contributed by atoms with Gasteiger partial charge in [0.05, 0.1) is 6.10 Å². The third-order valence-corrected chi connectivity index (χ3v) is 3.58. The molecule has 0 spiro atoms. The van der Waals surface area contributed by atoms with Crippen molar-refractivity contribution in [3.63, 3.8) is 0 Å². The number of nitrogens with one attached hydrogen (secondary N) is 1. The Kier molecular flexibility index (Phi) is 6.38. The summed E-state index contributed by atoms with van der Waals surface area (Å²) in [7, 11) is 0. The molecule has 0 unspecified atom stereocenters. The zero-order valence-corrected chi connectivity index (χ0v) is 14.4. The summed E-state index contributed by atoms with van der Waals surface area (Å²) in [5.74, 6) is -0.764. The normalized spacial score (nSPS) is 11.8. The van der Waals surface area contributed by atoms with Gasteiger partial charge in [-0.2, -0.15) is 0 Å². The van der Waals surface area contributed by atoms with E-state index < -0.39 is 12.0 Å². The summed E-state index contributed by atoms with van der Waals surface area (Å²) in [6.07, 6.45) is 0.0835. The van der Waals surface area contributed by atoms with Gasteiger partial charge in [-0.1, -0.05) is 41.9 Å². The molecule has 2 aromatic carbocycles. The summed E-state index contributed by atoms with van der Waals surface area (Å²) < 4.78 is 5.27. The number of ether oxygens (including phenoxy) is 1. The van der Waals surface area contributed by atoms with Crippen LogP contribution in [0.25, 0.3) is 0 Å². The minimum Gasteiger partial charge on any atom is -0.461 e. The molecule has 0 aliphatic rings. The van der Waals surface area contributed by atoms with Gasteiger partial charge in [-0.15, -0.1) is 0 Å². The second kappa shape index (κ2) is 8.50. The molecule has 0 aliphatic heterocycles. The van der Waals surface area contributed by atoms with E-state index in [4.69, 9.17) is 16.3 Å². The molecule has 24 heavy (non-hydrogen) atoms. The van der Waals surface area contributed by atoms with E-state index in [-0.39, 0.29) is 12.0 Å².